The Morgan fingerprint density at radius 3 is 1.45 bits per heavy atom. The Morgan fingerprint density at radius 1 is 0.518 bits per heavy atom. The Kier molecular flexibility index (Phi) is 14.1. The number of ether oxygens (including phenoxy) is 7. The first-order valence-electron chi connectivity index (χ1n) is 29.3. The number of ketones is 1. The molecule has 8 unspecified atom stereocenters. The lowest BCUT2D eigenvalue weighted by atomic mass is 9.69. The molecule has 0 amide bonds. The van der Waals surface area contributed by atoms with Gasteiger partial charge in [-0.1, -0.05) is 72.9 Å². The standard InChI is InChI=1S/C18H21NO7S.C17H19NO2.2C16H17NO2/c1-24-13-8-18-4-5-19(27(3,22)23)9-10-6-12(21)16(25-2)17(15(10)18)26-14(18)7-11(13)20;1-18-10-9-17-8-4-3-5-14(17)20-16-13(19-2)7-6-12(11-18)15(16)17;2*1-17-9-8-16-7-3-2-4-13(16)19-15-12(18)6-5-11(10-17)14(15)16/h6,8,14,21H,4-5,7,9H2,1-3H3;3-8,14H,9-11H2,1-2H3;2*2-7,13,18H,8-10H2,1H3. The maximum Gasteiger partial charge on any atom is 0.211 e. The summed E-state index contributed by atoms with van der Waals surface area (Å²) in [6.45, 7) is 6.32. The van der Waals surface area contributed by atoms with Gasteiger partial charge in [0, 0.05) is 55.0 Å². The average Bonchev–Trinajstić information content (AvgIpc) is 1.66. The van der Waals surface area contributed by atoms with Crippen molar-refractivity contribution in [2.45, 2.75) is 104 Å². The molecule has 0 saturated heterocycles. The van der Waals surface area contributed by atoms with Crippen molar-refractivity contribution in [2.24, 2.45) is 0 Å². The number of hydrogen-bond acceptors (Lipinski definition) is 16. The highest BCUT2D eigenvalue weighted by Crippen LogP contribution is 2.60. The van der Waals surface area contributed by atoms with Crippen LogP contribution in [0.5, 0.6) is 51.7 Å². The molecule has 0 fully saturated rings. The van der Waals surface area contributed by atoms with Crippen LogP contribution >= 0.6 is 0 Å². The van der Waals surface area contributed by atoms with E-state index in [0.717, 1.165) is 81.8 Å². The number of hydrogen-bond donors (Lipinski definition) is 3. The first kappa shape index (κ1) is 56.6. The van der Waals surface area contributed by atoms with Crippen molar-refractivity contribution in [1.29, 1.82) is 0 Å². The van der Waals surface area contributed by atoms with Crippen molar-refractivity contribution < 1.29 is 61.7 Å². The van der Waals surface area contributed by atoms with E-state index in [2.05, 4.69) is 103 Å². The SMILES string of the molecule is CN1CCC23C=CC=CC2Oc2c(O)ccc(c23)C1.CN1CCC23C=CC=CC2Oc2c(O)ccc(c23)C1.COC1=CC23CCN(S(C)(=O)=O)Cc4cc(O)c(OC)c(c42)OC3CC1=O.COc1ccc2c3c1OC1C=CC=CC31CCN(C)C2. The van der Waals surface area contributed by atoms with Gasteiger partial charge in [-0.25, -0.2) is 8.42 Å². The van der Waals surface area contributed by atoms with E-state index in [4.69, 9.17) is 33.2 Å². The molecular formula is C67H74N4O13S. The summed E-state index contributed by atoms with van der Waals surface area (Å²) in [6.07, 6.45) is 32.0. The number of aromatic hydroxyl groups is 3. The average molecular weight is 1180 g/mol. The van der Waals surface area contributed by atoms with Gasteiger partial charge in [0.25, 0.3) is 0 Å². The number of methoxy groups -OCH3 is 3. The van der Waals surface area contributed by atoms with Crippen molar-refractivity contribution in [2.75, 3.05) is 74.9 Å². The summed E-state index contributed by atoms with van der Waals surface area (Å²) < 4.78 is 66.3. The largest absolute Gasteiger partial charge is 0.504 e. The van der Waals surface area contributed by atoms with E-state index in [1.807, 2.05) is 30.4 Å². The molecule has 12 aliphatic rings. The van der Waals surface area contributed by atoms with Crippen molar-refractivity contribution in [3.63, 3.8) is 0 Å². The lowest BCUT2D eigenvalue weighted by Gasteiger charge is -2.35. The Bertz CT molecular complexity index is 3650. The molecule has 0 aromatic heterocycles. The van der Waals surface area contributed by atoms with E-state index in [-0.39, 0.29) is 88.6 Å². The molecule has 3 N–H and O–H groups in total. The predicted molar refractivity (Wildman–Crippen MR) is 321 cm³/mol. The van der Waals surface area contributed by atoms with Gasteiger partial charge in [-0.15, -0.1) is 0 Å². The van der Waals surface area contributed by atoms with Crippen LogP contribution in [0.2, 0.25) is 0 Å². The van der Waals surface area contributed by atoms with Gasteiger partial charge in [0.05, 0.1) is 55.7 Å². The second-order valence-electron chi connectivity index (χ2n) is 24.6. The quantitative estimate of drug-likeness (QED) is 0.176. The lowest BCUT2D eigenvalue weighted by molar-refractivity contribution is -0.121. The Labute approximate surface area is 497 Å². The number of nitrogens with zero attached hydrogens (tertiary/aromatic N) is 4. The Morgan fingerprint density at radius 2 is 0.976 bits per heavy atom. The molecule has 4 aromatic carbocycles. The van der Waals surface area contributed by atoms with Crippen LogP contribution in [-0.2, 0) is 67.4 Å². The summed E-state index contributed by atoms with van der Waals surface area (Å²) in [5, 5.41) is 30.6. The van der Waals surface area contributed by atoms with E-state index in [1.165, 1.54) is 58.0 Å². The van der Waals surface area contributed by atoms with Gasteiger partial charge in [-0.2, -0.15) is 4.31 Å². The van der Waals surface area contributed by atoms with E-state index in [0.29, 0.717) is 29.2 Å². The number of phenols is 3. The zero-order valence-electron chi connectivity index (χ0n) is 49.2. The Balaban J connectivity index is 0.000000107. The van der Waals surface area contributed by atoms with E-state index in [1.54, 1.807) is 25.3 Å². The molecule has 4 aromatic rings. The van der Waals surface area contributed by atoms with Gasteiger partial charge in [-0.05, 0) is 137 Å². The molecule has 446 valence electrons. The minimum absolute atomic E-state index is 0.0152. The highest BCUT2D eigenvalue weighted by molar-refractivity contribution is 7.88. The highest BCUT2D eigenvalue weighted by Gasteiger charge is 2.57. The molecule has 16 rings (SSSR count). The minimum atomic E-state index is -3.44. The predicted octanol–water partition coefficient (Wildman–Crippen LogP) is 8.43. The zero-order valence-corrected chi connectivity index (χ0v) is 50.0. The van der Waals surface area contributed by atoms with Crippen molar-refractivity contribution in [3.05, 3.63) is 172 Å². The van der Waals surface area contributed by atoms with Crippen molar-refractivity contribution >= 4 is 15.8 Å². The summed E-state index contributed by atoms with van der Waals surface area (Å²) in [5.41, 5.74) is 8.12. The van der Waals surface area contributed by atoms with Gasteiger partial charge in [0.15, 0.2) is 51.8 Å². The van der Waals surface area contributed by atoms with Crippen LogP contribution in [0.4, 0.5) is 0 Å². The number of rotatable bonds is 4. The summed E-state index contributed by atoms with van der Waals surface area (Å²) in [4.78, 5) is 19.4. The number of sulfonamides is 1. The fourth-order valence-electron chi connectivity index (χ4n) is 15.4. The molecule has 8 heterocycles. The van der Waals surface area contributed by atoms with Crippen LogP contribution in [0.15, 0.2) is 127 Å². The normalized spacial score (nSPS) is 29.9. The maximum atomic E-state index is 12.4. The van der Waals surface area contributed by atoms with Crippen LogP contribution in [0.25, 0.3) is 0 Å². The van der Waals surface area contributed by atoms with Crippen LogP contribution in [-0.4, -0.2) is 148 Å². The van der Waals surface area contributed by atoms with Crippen molar-refractivity contribution in [1.82, 2.24) is 19.0 Å². The summed E-state index contributed by atoms with van der Waals surface area (Å²) >= 11 is 0. The fourth-order valence-corrected chi connectivity index (χ4v) is 16.2. The molecule has 4 spiro atoms. The molecule has 8 aliphatic heterocycles. The number of phenolic OH excluding ortho intramolecular Hbond substituents is 3. The van der Waals surface area contributed by atoms with Crippen LogP contribution < -0.4 is 28.4 Å². The number of carbonyl (C=O) groups is 1. The number of carbonyl (C=O) groups excluding carboxylic acids is 1. The van der Waals surface area contributed by atoms with E-state index in [9.17, 15) is 28.5 Å². The zero-order chi connectivity index (χ0) is 59.4. The molecular weight excluding hydrogens is 1100 g/mol. The second-order valence-corrected chi connectivity index (χ2v) is 26.6. The first-order chi connectivity index (χ1) is 40.9. The summed E-state index contributed by atoms with van der Waals surface area (Å²) in [6, 6.07) is 13.3. The van der Waals surface area contributed by atoms with Gasteiger partial charge < -0.3 is 63.2 Å². The number of Topliss-reactive ketones (excluding diaryl/α,β-unsaturated/α-hetero) is 1. The summed E-state index contributed by atoms with van der Waals surface area (Å²) in [5.74, 6) is 4.21. The maximum absolute atomic E-state index is 12.4. The van der Waals surface area contributed by atoms with Crippen molar-refractivity contribution in [3.8, 4) is 51.7 Å². The summed E-state index contributed by atoms with van der Waals surface area (Å²) in [7, 11) is 7.62. The van der Waals surface area contributed by atoms with Gasteiger partial charge in [0.2, 0.25) is 21.6 Å². The molecule has 18 heteroatoms. The van der Waals surface area contributed by atoms with Crippen LogP contribution in [0.3, 0.4) is 0 Å². The van der Waals surface area contributed by atoms with Gasteiger partial charge in [0.1, 0.15) is 24.4 Å². The Hall–Kier alpha value is -7.48. The second kappa shape index (κ2) is 21.2. The molecule has 8 atom stereocenters. The smallest absolute Gasteiger partial charge is 0.211 e. The molecule has 0 radical (unpaired) electrons. The minimum Gasteiger partial charge on any atom is -0.504 e. The van der Waals surface area contributed by atoms with E-state index >= 15 is 0 Å². The van der Waals surface area contributed by atoms with Crippen LogP contribution in [0, 0.1) is 0 Å². The third kappa shape index (κ3) is 9.06. The van der Waals surface area contributed by atoms with Crippen LogP contribution in [0.1, 0.15) is 76.6 Å². The third-order valence-corrected chi connectivity index (χ3v) is 20.8. The number of allylic oxidation sites excluding steroid dienone is 7. The third-order valence-electron chi connectivity index (χ3n) is 19.6. The first-order valence-corrected chi connectivity index (χ1v) is 31.1. The van der Waals surface area contributed by atoms with Gasteiger partial charge in [-0.3, -0.25) is 4.79 Å². The molecule has 0 bridgehead atoms. The lowest BCUT2D eigenvalue weighted by Crippen LogP contribution is -2.44. The molecule has 17 nitrogen and oxygen atoms in total. The molecule has 85 heavy (non-hydrogen) atoms. The van der Waals surface area contributed by atoms with E-state index < -0.39 is 21.5 Å². The monoisotopic (exact) mass is 1170 g/mol. The van der Waals surface area contributed by atoms with Gasteiger partial charge >= 0.3 is 0 Å². The molecule has 4 aliphatic carbocycles. The number of benzene rings is 4. The fraction of sp³-hybridized carbons (Fsp3) is 0.418. The topological polar surface area (TPSA) is 189 Å². The highest BCUT2D eigenvalue weighted by atomic mass is 32.2. The molecule has 0 saturated carbocycles.